The van der Waals surface area contributed by atoms with Crippen molar-refractivity contribution in [3.8, 4) is 5.69 Å². The zero-order valence-electron chi connectivity index (χ0n) is 14.6. The third-order valence-electron chi connectivity index (χ3n) is 3.86. The maximum absolute atomic E-state index is 12.9. The third-order valence-corrected chi connectivity index (χ3v) is 3.86. The number of benzene rings is 2. The van der Waals surface area contributed by atoms with Crippen molar-refractivity contribution >= 4 is 5.91 Å². The number of carbonyl (C=O) groups is 1. The first kappa shape index (κ1) is 19.3. The van der Waals surface area contributed by atoms with E-state index in [1.807, 2.05) is 0 Å². The Morgan fingerprint density at radius 3 is 2.18 bits per heavy atom. The normalized spacial score (nSPS) is 11.4. The summed E-state index contributed by atoms with van der Waals surface area (Å²) in [6.45, 7) is -2.31. The van der Waals surface area contributed by atoms with Crippen molar-refractivity contribution in [3.63, 3.8) is 0 Å². The number of amides is 1. The average molecular weight is 391 g/mol. The van der Waals surface area contributed by atoms with Gasteiger partial charge < -0.3 is 4.90 Å². The summed E-state index contributed by atoms with van der Waals surface area (Å²) in [6, 6.07) is 16.7. The van der Waals surface area contributed by atoms with Crippen LogP contribution in [0.3, 0.4) is 0 Å². The number of halogens is 3. The highest BCUT2D eigenvalue weighted by atomic mass is 19.4. The van der Waals surface area contributed by atoms with Gasteiger partial charge in [0.2, 0.25) is 5.91 Å². The lowest BCUT2D eigenvalue weighted by Crippen LogP contribution is -2.41. The third kappa shape index (κ3) is 4.84. The predicted octanol–water partition coefficient (Wildman–Crippen LogP) is 2.02. The molecule has 3 aromatic rings. The molecule has 0 saturated heterocycles. The van der Waals surface area contributed by atoms with Crippen molar-refractivity contribution < 1.29 is 18.0 Å². The van der Waals surface area contributed by atoms with Gasteiger partial charge in [-0.3, -0.25) is 4.79 Å². The zero-order valence-corrected chi connectivity index (χ0v) is 14.6. The van der Waals surface area contributed by atoms with Gasteiger partial charge in [-0.25, -0.2) is 4.79 Å². The molecule has 0 spiro atoms. The van der Waals surface area contributed by atoms with Gasteiger partial charge in [-0.05, 0) is 28.1 Å². The van der Waals surface area contributed by atoms with Gasteiger partial charge in [0.15, 0.2) is 0 Å². The summed E-state index contributed by atoms with van der Waals surface area (Å²) in [7, 11) is 0. The maximum atomic E-state index is 12.9. The van der Waals surface area contributed by atoms with Crippen LogP contribution in [-0.4, -0.2) is 43.3 Å². The average Bonchev–Trinajstić information content (AvgIpc) is 3.02. The second-order valence-electron chi connectivity index (χ2n) is 6.02. The number of tetrazole rings is 1. The van der Waals surface area contributed by atoms with Crippen LogP contribution in [0.25, 0.3) is 5.69 Å². The molecule has 10 heteroatoms. The molecule has 0 atom stereocenters. The topological polar surface area (TPSA) is 73.0 Å². The summed E-state index contributed by atoms with van der Waals surface area (Å²) in [5.41, 5.74) is 0.259. The maximum Gasteiger partial charge on any atom is 0.406 e. The van der Waals surface area contributed by atoms with Gasteiger partial charge in [-0.1, -0.05) is 48.5 Å². The molecular weight excluding hydrogens is 375 g/mol. The van der Waals surface area contributed by atoms with Gasteiger partial charge in [0.1, 0.15) is 13.1 Å². The van der Waals surface area contributed by atoms with E-state index in [1.54, 1.807) is 60.7 Å². The fourth-order valence-electron chi connectivity index (χ4n) is 2.59. The fourth-order valence-corrected chi connectivity index (χ4v) is 2.59. The van der Waals surface area contributed by atoms with Crippen LogP contribution >= 0.6 is 0 Å². The first-order valence-electron chi connectivity index (χ1n) is 8.30. The molecule has 0 bridgehead atoms. The molecule has 7 nitrogen and oxygen atoms in total. The van der Waals surface area contributed by atoms with Crippen LogP contribution in [0.2, 0.25) is 0 Å². The van der Waals surface area contributed by atoms with Crippen molar-refractivity contribution in [1.29, 1.82) is 0 Å². The first-order chi connectivity index (χ1) is 13.3. The van der Waals surface area contributed by atoms with Crippen LogP contribution in [-0.2, 0) is 17.9 Å². The van der Waals surface area contributed by atoms with Crippen molar-refractivity contribution in [2.45, 2.75) is 19.3 Å². The molecule has 1 aromatic heterocycles. The lowest BCUT2D eigenvalue weighted by Gasteiger charge is -2.23. The van der Waals surface area contributed by atoms with Crippen LogP contribution < -0.4 is 5.69 Å². The standard InChI is InChI=1S/C18H16F3N5O2/c19-18(20,21)13-24(11-14-7-3-1-4-8-14)16(27)12-25-17(28)26(23-22-25)15-9-5-2-6-10-15/h1-10H,11-13H2. The Balaban J connectivity index is 1.80. The molecule has 0 radical (unpaired) electrons. The Morgan fingerprint density at radius 1 is 0.964 bits per heavy atom. The van der Waals surface area contributed by atoms with Gasteiger partial charge >= 0.3 is 11.9 Å². The molecule has 2 aromatic carbocycles. The second kappa shape index (κ2) is 8.07. The monoisotopic (exact) mass is 391 g/mol. The lowest BCUT2D eigenvalue weighted by atomic mass is 10.2. The summed E-state index contributed by atoms with van der Waals surface area (Å²) in [5.74, 6) is -0.886. The van der Waals surface area contributed by atoms with Gasteiger partial charge in [0.05, 0.1) is 5.69 Å². The highest BCUT2D eigenvalue weighted by Gasteiger charge is 2.33. The van der Waals surface area contributed by atoms with Crippen LogP contribution in [0, 0.1) is 0 Å². The van der Waals surface area contributed by atoms with E-state index >= 15 is 0 Å². The Kier molecular flexibility index (Phi) is 5.57. The Hall–Kier alpha value is -3.43. The molecular formula is C18H16F3N5O2. The van der Waals surface area contributed by atoms with Gasteiger partial charge in [0, 0.05) is 6.54 Å². The molecule has 0 aliphatic heterocycles. The summed E-state index contributed by atoms with van der Waals surface area (Å²) in [6.07, 6.45) is -4.57. The van der Waals surface area contributed by atoms with Gasteiger partial charge in [0.25, 0.3) is 0 Å². The summed E-state index contributed by atoms with van der Waals surface area (Å²) in [4.78, 5) is 25.5. The molecule has 0 unspecified atom stereocenters. The first-order valence-corrected chi connectivity index (χ1v) is 8.30. The molecule has 3 rings (SSSR count). The van der Waals surface area contributed by atoms with Crippen LogP contribution in [0.5, 0.6) is 0 Å². The Bertz CT molecular complexity index is 984. The summed E-state index contributed by atoms with van der Waals surface area (Å²) >= 11 is 0. The Labute approximate surface area is 157 Å². The van der Waals surface area contributed by atoms with E-state index in [2.05, 4.69) is 10.4 Å². The fraction of sp³-hybridized carbons (Fsp3) is 0.222. The minimum atomic E-state index is -4.57. The molecule has 0 saturated carbocycles. The number of nitrogens with zero attached hydrogens (tertiary/aromatic N) is 5. The summed E-state index contributed by atoms with van der Waals surface area (Å²) in [5, 5.41) is 7.29. The molecule has 1 amide bonds. The van der Waals surface area contributed by atoms with Gasteiger partial charge in [-0.15, -0.1) is 0 Å². The molecule has 0 N–H and O–H groups in total. The SMILES string of the molecule is O=C(Cn1nnn(-c2ccccc2)c1=O)N(Cc1ccccc1)CC(F)(F)F. The van der Waals surface area contributed by atoms with Crippen molar-refractivity contribution in [2.24, 2.45) is 0 Å². The number of alkyl halides is 3. The number of para-hydroxylation sites is 1. The molecule has 0 aliphatic rings. The highest BCUT2D eigenvalue weighted by Crippen LogP contribution is 2.18. The van der Waals surface area contributed by atoms with Crippen molar-refractivity contribution in [1.82, 2.24) is 24.7 Å². The second-order valence-corrected chi connectivity index (χ2v) is 6.02. The number of carbonyl (C=O) groups excluding carboxylic acids is 1. The number of aromatic nitrogens is 4. The minimum Gasteiger partial charge on any atom is -0.328 e. The highest BCUT2D eigenvalue weighted by molar-refractivity contribution is 5.76. The molecule has 28 heavy (non-hydrogen) atoms. The van der Waals surface area contributed by atoms with E-state index in [4.69, 9.17) is 0 Å². The smallest absolute Gasteiger partial charge is 0.328 e. The van der Waals surface area contributed by atoms with E-state index in [9.17, 15) is 22.8 Å². The van der Waals surface area contributed by atoms with E-state index in [-0.39, 0.29) is 6.54 Å². The number of hydrogen-bond acceptors (Lipinski definition) is 4. The van der Waals surface area contributed by atoms with Crippen molar-refractivity contribution in [3.05, 3.63) is 76.7 Å². The molecule has 0 fully saturated rings. The van der Waals surface area contributed by atoms with E-state index in [0.29, 0.717) is 16.2 Å². The Morgan fingerprint density at radius 2 is 1.57 bits per heavy atom. The van der Waals surface area contributed by atoms with E-state index < -0.39 is 30.9 Å². The van der Waals surface area contributed by atoms with Gasteiger partial charge in [-0.2, -0.15) is 22.5 Å². The van der Waals surface area contributed by atoms with Crippen LogP contribution in [0.1, 0.15) is 5.56 Å². The summed E-state index contributed by atoms with van der Waals surface area (Å²) < 4.78 is 40.5. The lowest BCUT2D eigenvalue weighted by molar-refractivity contribution is -0.163. The van der Waals surface area contributed by atoms with E-state index in [0.717, 1.165) is 9.36 Å². The van der Waals surface area contributed by atoms with E-state index in [1.165, 1.54) is 0 Å². The number of hydrogen-bond donors (Lipinski definition) is 0. The largest absolute Gasteiger partial charge is 0.406 e. The minimum absolute atomic E-state index is 0.235. The van der Waals surface area contributed by atoms with Crippen LogP contribution in [0.4, 0.5) is 13.2 Å². The van der Waals surface area contributed by atoms with Crippen molar-refractivity contribution in [2.75, 3.05) is 6.54 Å². The molecule has 1 heterocycles. The predicted molar refractivity (Wildman–Crippen MR) is 93.5 cm³/mol. The zero-order chi connectivity index (χ0) is 20.1. The number of rotatable bonds is 6. The quantitative estimate of drug-likeness (QED) is 0.645. The van der Waals surface area contributed by atoms with Crippen LogP contribution in [0.15, 0.2) is 65.5 Å². The molecule has 146 valence electrons. The molecule has 0 aliphatic carbocycles.